The number of hydrogen-bond acceptors (Lipinski definition) is 5. The van der Waals surface area contributed by atoms with Crippen LogP contribution in [-0.4, -0.2) is 47.8 Å². The lowest BCUT2D eigenvalue weighted by Gasteiger charge is -2.30. The molecule has 2 aliphatic rings. The third-order valence-electron chi connectivity index (χ3n) is 6.27. The predicted octanol–water partition coefficient (Wildman–Crippen LogP) is 2.30. The molecule has 5 rings (SSSR count). The molecular weight excluding hydrogens is 447 g/mol. The number of anilines is 1. The zero-order valence-electron chi connectivity index (χ0n) is 17.9. The van der Waals surface area contributed by atoms with Crippen LogP contribution in [-0.2, 0) is 27.8 Å². The van der Waals surface area contributed by atoms with Gasteiger partial charge in [-0.05, 0) is 61.6 Å². The van der Waals surface area contributed by atoms with Crippen molar-refractivity contribution in [2.75, 3.05) is 24.5 Å². The van der Waals surface area contributed by atoms with E-state index in [-0.39, 0.29) is 28.3 Å². The van der Waals surface area contributed by atoms with Gasteiger partial charge in [0.25, 0.3) is 5.56 Å². The molecule has 0 spiro atoms. The van der Waals surface area contributed by atoms with Gasteiger partial charge in [0, 0.05) is 31.4 Å². The average Bonchev–Trinajstić information content (AvgIpc) is 3.36. The standard InChI is InChI=1S/C23H23FN4O4S/c24-17-5-7-19-20(13-17)25-15-26(23(19)30)14-22(29)28-11-3-4-16-12-18(6-8-21(16)28)33(31,32)27-9-1-2-10-27/h5-8,12-13,15H,1-4,9-11,14H2. The van der Waals surface area contributed by atoms with Gasteiger partial charge in [-0.2, -0.15) is 4.31 Å². The van der Waals surface area contributed by atoms with Crippen molar-refractivity contribution in [3.05, 3.63) is 64.5 Å². The van der Waals surface area contributed by atoms with Crippen LogP contribution in [0.25, 0.3) is 10.9 Å². The molecule has 10 heteroatoms. The van der Waals surface area contributed by atoms with Gasteiger partial charge in [0.2, 0.25) is 15.9 Å². The monoisotopic (exact) mass is 470 g/mol. The SMILES string of the molecule is O=C(Cn1cnc2cc(F)ccc2c1=O)N1CCCc2cc(S(=O)(=O)N3CCCC3)ccc21. The Kier molecular flexibility index (Phi) is 5.49. The molecular formula is C23H23FN4O4S. The summed E-state index contributed by atoms with van der Waals surface area (Å²) in [5.74, 6) is -0.782. The second-order valence-electron chi connectivity index (χ2n) is 8.39. The molecule has 2 aromatic carbocycles. The van der Waals surface area contributed by atoms with Gasteiger partial charge >= 0.3 is 0 Å². The molecule has 1 aromatic heterocycles. The molecule has 33 heavy (non-hydrogen) atoms. The molecule has 1 fully saturated rings. The highest BCUT2D eigenvalue weighted by molar-refractivity contribution is 7.89. The van der Waals surface area contributed by atoms with Gasteiger partial charge < -0.3 is 4.90 Å². The number of benzene rings is 2. The summed E-state index contributed by atoms with van der Waals surface area (Å²) in [6.07, 6.45) is 4.34. The van der Waals surface area contributed by atoms with Crippen LogP contribution in [0, 0.1) is 5.82 Å². The Morgan fingerprint density at radius 1 is 1.03 bits per heavy atom. The highest BCUT2D eigenvalue weighted by Crippen LogP contribution is 2.31. The maximum Gasteiger partial charge on any atom is 0.261 e. The fraction of sp³-hybridized carbons (Fsp3) is 0.348. The normalized spacial score (nSPS) is 16.8. The summed E-state index contributed by atoms with van der Waals surface area (Å²) in [7, 11) is -3.54. The number of nitrogens with zero attached hydrogens (tertiary/aromatic N) is 4. The highest BCUT2D eigenvalue weighted by Gasteiger charge is 2.30. The van der Waals surface area contributed by atoms with Crippen LogP contribution in [0.15, 0.2) is 52.4 Å². The summed E-state index contributed by atoms with van der Waals surface area (Å²) < 4.78 is 42.0. The van der Waals surface area contributed by atoms with Crippen molar-refractivity contribution in [3.8, 4) is 0 Å². The number of aryl methyl sites for hydroxylation is 1. The number of rotatable bonds is 4. The van der Waals surface area contributed by atoms with Crippen LogP contribution in [0.4, 0.5) is 10.1 Å². The molecule has 8 nitrogen and oxygen atoms in total. The largest absolute Gasteiger partial charge is 0.311 e. The van der Waals surface area contributed by atoms with Crippen molar-refractivity contribution in [2.45, 2.75) is 37.1 Å². The molecule has 3 aromatic rings. The minimum absolute atomic E-state index is 0.216. The van der Waals surface area contributed by atoms with Gasteiger partial charge in [0.15, 0.2) is 0 Å². The Morgan fingerprint density at radius 3 is 2.61 bits per heavy atom. The van der Waals surface area contributed by atoms with Crippen molar-refractivity contribution >= 4 is 32.5 Å². The van der Waals surface area contributed by atoms with Gasteiger partial charge in [-0.15, -0.1) is 0 Å². The second-order valence-corrected chi connectivity index (χ2v) is 10.3. The Labute approximate surface area is 190 Å². The van der Waals surface area contributed by atoms with Gasteiger partial charge in [-0.25, -0.2) is 17.8 Å². The smallest absolute Gasteiger partial charge is 0.261 e. The lowest BCUT2D eigenvalue weighted by atomic mass is 10.0. The summed E-state index contributed by atoms with van der Waals surface area (Å²) in [4.78, 5) is 31.8. The maximum atomic E-state index is 13.4. The predicted molar refractivity (Wildman–Crippen MR) is 121 cm³/mol. The number of sulfonamides is 1. The van der Waals surface area contributed by atoms with E-state index in [1.54, 1.807) is 23.1 Å². The summed E-state index contributed by atoms with van der Waals surface area (Å²) in [5.41, 5.74) is 1.28. The molecule has 1 amide bonds. The number of fused-ring (bicyclic) bond motifs is 2. The van der Waals surface area contributed by atoms with Gasteiger partial charge in [-0.1, -0.05) is 0 Å². The van der Waals surface area contributed by atoms with Crippen LogP contribution < -0.4 is 10.5 Å². The molecule has 0 N–H and O–H groups in total. The van der Waals surface area contributed by atoms with Crippen molar-refractivity contribution < 1.29 is 17.6 Å². The zero-order chi connectivity index (χ0) is 23.2. The van der Waals surface area contributed by atoms with Crippen LogP contribution in [0.3, 0.4) is 0 Å². The van der Waals surface area contributed by atoms with E-state index in [0.717, 1.165) is 18.4 Å². The van der Waals surface area contributed by atoms with E-state index in [4.69, 9.17) is 0 Å². The zero-order valence-corrected chi connectivity index (χ0v) is 18.7. The molecule has 0 radical (unpaired) electrons. The van der Waals surface area contributed by atoms with E-state index in [9.17, 15) is 22.4 Å². The fourth-order valence-electron chi connectivity index (χ4n) is 4.55. The Balaban J connectivity index is 1.42. The average molecular weight is 471 g/mol. The number of amides is 1. The minimum Gasteiger partial charge on any atom is -0.311 e. The molecule has 0 atom stereocenters. The van der Waals surface area contributed by atoms with E-state index < -0.39 is 21.4 Å². The number of hydrogen-bond donors (Lipinski definition) is 0. The van der Waals surface area contributed by atoms with Crippen molar-refractivity contribution in [1.82, 2.24) is 13.9 Å². The molecule has 2 aliphatic heterocycles. The number of aromatic nitrogens is 2. The van der Waals surface area contributed by atoms with Crippen molar-refractivity contribution in [2.24, 2.45) is 0 Å². The third kappa shape index (κ3) is 3.93. The number of carbonyl (C=O) groups excluding carboxylic acids is 1. The number of carbonyl (C=O) groups is 1. The third-order valence-corrected chi connectivity index (χ3v) is 8.16. The maximum absolute atomic E-state index is 13.4. The molecule has 3 heterocycles. The van der Waals surface area contributed by atoms with E-state index in [1.807, 2.05) is 0 Å². The summed E-state index contributed by atoms with van der Waals surface area (Å²) in [6, 6.07) is 8.62. The van der Waals surface area contributed by atoms with Crippen LogP contribution in [0.1, 0.15) is 24.8 Å². The molecule has 1 saturated heterocycles. The molecule has 0 bridgehead atoms. The van der Waals surface area contributed by atoms with Gasteiger partial charge in [0.05, 0.1) is 22.1 Å². The number of halogens is 1. The Morgan fingerprint density at radius 2 is 1.82 bits per heavy atom. The molecule has 172 valence electrons. The molecule has 0 unspecified atom stereocenters. The first-order valence-corrected chi connectivity index (χ1v) is 12.4. The summed E-state index contributed by atoms with van der Waals surface area (Å²) >= 11 is 0. The van der Waals surface area contributed by atoms with E-state index >= 15 is 0 Å². The lowest BCUT2D eigenvalue weighted by Crippen LogP contribution is -2.39. The van der Waals surface area contributed by atoms with E-state index in [0.29, 0.717) is 38.2 Å². The highest BCUT2D eigenvalue weighted by atomic mass is 32.2. The topological polar surface area (TPSA) is 92.6 Å². The fourth-order valence-corrected chi connectivity index (χ4v) is 6.11. The van der Waals surface area contributed by atoms with Crippen molar-refractivity contribution in [1.29, 1.82) is 0 Å². The second kappa shape index (κ2) is 8.35. The van der Waals surface area contributed by atoms with Crippen molar-refractivity contribution in [3.63, 3.8) is 0 Å². The molecule has 0 aliphatic carbocycles. The van der Waals surface area contributed by atoms with Crippen LogP contribution in [0.5, 0.6) is 0 Å². The quantitative estimate of drug-likeness (QED) is 0.584. The van der Waals surface area contributed by atoms with Crippen LogP contribution >= 0.6 is 0 Å². The minimum atomic E-state index is -3.54. The van der Waals surface area contributed by atoms with Gasteiger partial charge in [-0.3, -0.25) is 14.2 Å². The first-order valence-electron chi connectivity index (χ1n) is 10.9. The summed E-state index contributed by atoms with van der Waals surface area (Å²) in [5, 5.41) is 0.238. The van der Waals surface area contributed by atoms with E-state index in [1.165, 1.54) is 33.4 Å². The van der Waals surface area contributed by atoms with Crippen LogP contribution in [0.2, 0.25) is 0 Å². The summed E-state index contributed by atoms with van der Waals surface area (Å²) in [6.45, 7) is 1.33. The Hall–Kier alpha value is -3.11. The molecule has 0 saturated carbocycles. The first-order chi connectivity index (χ1) is 15.8. The van der Waals surface area contributed by atoms with E-state index in [2.05, 4.69) is 4.98 Å². The first kappa shape index (κ1) is 21.7. The lowest BCUT2D eigenvalue weighted by molar-refractivity contribution is -0.119. The Bertz CT molecular complexity index is 1410. The van der Waals surface area contributed by atoms with Gasteiger partial charge in [0.1, 0.15) is 12.4 Å².